The second kappa shape index (κ2) is 5.89. The number of benzene rings is 2. The molecule has 0 saturated carbocycles. The van der Waals surface area contributed by atoms with Crippen molar-refractivity contribution in [3.8, 4) is 11.4 Å². The van der Waals surface area contributed by atoms with Gasteiger partial charge in [-0.1, -0.05) is 34.1 Å². The summed E-state index contributed by atoms with van der Waals surface area (Å²) in [5, 5.41) is 9.87. The molecule has 0 aliphatic rings. The molecule has 0 saturated heterocycles. The summed E-state index contributed by atoms with van der Waals surface area (Å²) in [6.07, 6.45) is -1.42. The number of hydrogen-bond acceptors (Lipinski definition) is 3. The number of pyridine rings is 1. The van der Waals surface area contributed by atoms with Crippen LogP contribution < -0.4 is 10.3 Å². The Morgan fingerprint density at radius 1 is 1.13 bits per heavy atom. The third kappa shape index (κ3) is 2.73. The van der Waals surface area contributed by atoms with Crippen molar-refractivity contribution in [1.82, 2.24) is 4.57 Å². The largest absolute Gasteiger partial charge is 0.511 e. The molecule has 5 nitrogen and oxygen atoms in total. The quantitative estimate of drug-likeness (QED) is 0.686. The zero-order chi connectivity index (χ0) is 16.6. The van der Waals surface area contributed by atoms with Crippen LogP contribution in [0.15, 0.2) is 57.8 Å². The molecule has 0 amide bonds. The molecule has 1 N–H and O–H groups in total. The van der Waals surface area contributed by atoms with E-state index < -0.39 is 6.16 Å². The van der Waals surface area contributed by atoms with Gasteiger partial charge >= 0.3 is 6.16 Å². The van der Waals surface area contributed by atoms with Gasteiger partial charge in [0.15, 0.2) is 5.75 Å². The number of rotatable bonds is 2. The van der Waals surface area contributed by atoms with Gasteiger partial charge in [0.25, 0.3) is 5.56 Å². The maximum atomic E-state index is 12.8. The van der Waals surface area contributed by atoms with Gasteiger partial charge in [-0.3, -0.25) is 9.36 Å². The molecule has 6 heteroatoms. The van der Waals surface area contributed by atoms with Crippen molar-refractivity contribution >= 4 is 32.9 Å². The maximum absolute atomic E-state index is 12.8. The second-order valence-corrected chi connectivity index (χ2v) is 5.86. The molecular formula is C17H12BrNO4. The predicted octanol–water partition coefficient (Wildman–Crippen LogP) is 4.12. The van der Waals surface area contributed by atoms with Crippen molar-refractivity contribution in [3.63, 3.8) is 0 Å². The summed E-state index contributed by atoms with van der Waals surface area (Å²) in [7, 11) is 0. The molecule has 0 radical (unpaired) electrons. The van der Waals surface area contributed by atoms with Crippen molar-refractivity contribution in [2.45, 2.75) is 6.92 Å². The van der Waals surface area contributed by atoms with Crippen LogP contribution in [0.5, 0.6) is 5.75 Å². The van der Waals surface area contributed by atoms with Crippen molar-refractivity contribution in [2.24, 2.45) is 0 Å². The Hall–Kier alpha value is -2.60. The van der Waals surface area contributed by atoms with Crippen LogP contribution >= 0.6 is 15.9 Å². The van der Waals surface area contributed by atoms with Crippen molar-refractivity contribution in [1.29, 1.82) is 0 Å². The van der Waals surface area contributed by atoms with E-state index in [9.17, 15) is 9.59 Å². The lowest BCUT2D eigenvalue weighted by molar-refractivity contribution is 0.144. The van der Waals surface area contributed by atoms with Crippen LogP contribution in [0.4, 0.5) is 4.79 Å². The molecule has 3 rings (SSSR count). The molecule has 0 aliphatic heterocycles. The van der Waals surface area contributed by atoms with E-state index in [-0.39, 0.29) is 11.3 Å². The summed E-state index contributed by atoms with van der Waals surface area (Å²) >= 11 is 3.33. The third-order valence-electron chi connectivity index (χ3n) is 3.53. The fourth-order valence-electron chi connectivity index (χ4n) is 2.56. The topological polar surface area (TPSA) is 68.5 Å². The predicted molar refractivity (Wildman–Crippen MR) is 90.6 cm³/mol. The van der Waals surface area contributed by atoms with Crippen molar-refractivity contribution in [3.05, 3.63) is 69.1 Å². The van der Waals surface area contributed by atoms with E-state index in [1.54, 1.807) is 37.3 Å². The number of fused-ring (bicyclic) bond motifs is 1. The number of aromatic nitrogens is 1. The first-order valence-electron chi connectivity index (χ1n) is 6.80. The number of carboxylic acid groups (broad SMARTS) is 1. The SMILES string of the molecule is Cc1c(OC(=O)O)c2cc(Br)ccc2c(=O)n1-c1ccccc1. The first-order chi connectivity index (χ1) is 11.0. The molecule has 1 aromatic heterocycles. The average Bonchev–Trinajstić information content (AvgIpc) is 2.52. The van der Waals surface area contributed by atoms with Gasteiger partial charge < -0.3 is 9.84 Å². The Morgan fingerprint density at radius 3 is 2.48 bits per heavy atom. The third-order valence-corrected chi connectivity index (χ3v) is 4.02. The van der Waals surface area contributed by atoms with Crippen LogP contribution in [0, 0.1) is 6.92 Å². The van der Waals surface area contributed by atoms with E-state index >= 15 is 0 Å². The van der Waals surface area contributed by atoms with E-state index in [1.807, 2.05) is 18.2 Å². The molecule has 1 heterocycles. The fourth-order valence-corrected chi connectivity index (χ4v) is 2.93. The zero-order valence-electron chi connectivity index (χ0n) is 12.1. The molecular weight excluding hydrogens is 362 g/mol. The number of ether oxygens (including phenoxy) is 1. The Morgan fingerprint density at radius 2 is 1.83 bits per heavy atom. The first kappa shape index (κ1) is 15.3. The zero-order valence-corrected chi connectivity index (χ0v) is 13.7. The van der Waals surface area contributed by atoms with Crippen LogP contribution in [0.2, 0.25) is 0 Å². The number of halogens is 1. The van der Waals surface area contributed by atoms with Gasteiger partial charge in [-0.25, -0.2) is 4.79 Å². The second-order valence-electron chi connectivity index (χ2n) is 4.95. The average molecular weight is 374 g/mol. The molecule has 3 aromatic rings. The Bertz CT molecular complexity index is 964. The Labute approximate surface area is 139 Å². The van der Waals surface area contributed by atoms with Crippen LogP contribution in [0.25, 0.3) is 16.5 Å². The standard InChI is InChI=1S/C17H12BrNO4/c1-10-15(23-17(21)22)14-9-11(18)7-8-13(14)16(20)19(10)12-5-3-2-4-6-12/h2-9H,1H3,(H,21,22). The highest BCUT2D eigenvalue weighted by molar-refractivity contribution is 9.10. The summed E-state index contributed by atoms with van der Waals surface area (Å²) in [4.78, 5) is 23.9. The fraction of sp³-hybridized carbons (Fsp3) is 0.0588. The number of carbonyl (C=O) groups is 1. The summed E-state index contributed by atoms with van der Waals surface area (Å²) < 4.78 is 7.15. The number of hydrogen-bond donors (Lipinski definition) is 1. The van der Waals surface area contributed by atoms with Crippen LogP contribution in [0.3, 0.4) is 0 Å². The van der Waals surface area contributed by atoms with Crippen LogP contribution in [-0.2, 0) is 0 Å². The number of nitrogens with zero attached hydrogens (tertiary/aromatic N) is 1. The van der Waals surface area contributed by atoms with Gasteiger partial charge in [-0.15, -0.1) is 0 Å². The smallest absolute Gasteiger partial charge is 0.449 e. The molecule has 0 spiro atoms. The van der Waals surface area contributed by atoms with E-state index in [1.165, 1.54) is 4.57 Å². The summed E-state index contributed by atoms with van der Waals surface area (Å²) in [5.41, 5.74) is 0.846. The minimum Gasteiger partial charge on any atom is -0.449 e. The van der Waals surface area contributed by atoms with Crippen molar-refractivity contribution in [2.75, 3.05) is 0 Å². The molecule has 0 aliphatic carbocycles. The van der Waals surface area contributed by atoms with Crippen LogP contribution in [0.1, 0.15) is 5.69 Å². The van der Waals surface area contributed by atoms with Gasteiger partial charge in [0.05, 0.1) is 11.1 Å². The summed E-state index contributed by atoms with van der Waals surface area (Å²) in [6.45, 7) is 1.66. The molecule has 23 heavy (non-hydrogen) atoms. The molecule has 0 fully saturated rings. The van der Waals surface area contributed by atoms with Gasteiger partial charge in [0, 0.05) is 15.5 Å². The lowest BCUT2D eigenvalue weighted by atomic mass is 10.1. The molecule has 116 valence electrons. The van der Waals surface area contributed by atoms with E-state index in [0.29, 0.717) is 22.2 Å². The Kier molecular flexibility index (Phi) is 3.92. The van der Waals surface area contributed by atoms with E-state index in [2.05, 4.69) is 15.9 Å². The minimum absolute atomic E-state index is 0.150. The highest BCUT2D eigenvalue weighted by atomic mass is 79.9. The highest BCUT2D eigenvalue weighted by Crippen LogP contribution is 2.31. The Balaban J connectivity index is 2.45. The lowest BCUT2D eigenvalue weighted by Crippen LogP contribution is -2.22. The minimum atomic E-state index is -1.42. The van der Waals surface area contributed by atoms with Gasteiger partial charge in [0.1, 0.15) is 0 Å². The first-order valence-corrected chi connectivity index (χ1v) is 7.59. The molecule has 0 atom stereocenters. The normalized spacial score (nSPS) is 10.7. The van der Waals surface area contributed by atoms with E-state index in [4.69, 9.17) is 9.84 Å². The van der Waals surface area contributed by atoms with Gasteiger partial charge in [-0.05, 0) is 37.3 Å². The molecule has 2 aromatic carbocycles. The lowest BCUT2D eigenvalue weighted by Gasteiger charge is -2.16. The van der Waals surface area contributed by atoms with Gasteiger partial charge in [-0.2, -0.15) is 0 Å². The number of para-hydroxylation sites is 1. The summed E-state index contributed by atoms with van der Waals surface area (Å²) in [6, 6.07) is 14.1. The van der Waals surface area contributed by atoms with Gasteiger partial charge in [0.2, 0.25) is 0 Å². The van der Waals surface area contributed by atoms with Crippen LogP contribution in [-0.4, -0.2) is 15.8 Å². The monoisotopic (exact) mass is 373 g/mol. The van der Waals surface area contributed by atoms with E-state index in [0.717, 1.165) is 4.47 Å². The van der Waals surface area contributed by atoms with Crippen molar-refractivity contribution < 1.29 is 14.6 Å². The summed E-state index contributed by atoms with van der Waals surface area (Å²) in [5.74, 6) is 0.150. The maximum Gasteiger partial charge on any atom is 0.511 e. The molecule has 0 bridgehead atoms. The highest BCUT2D eigenvalue weighted by Gasteiger charge is 2.18. The molecule has 0 unspecified atom stereocenters.